The molecule has 7 nitrogen and oxygen atoms in total. The summed E-state index contributed by atoms with van der Waals surface area (Å²) in [4.78, 5) is 19.3. The average Bonchev–Trinajstić information content (AvgIpc) is 3.29. The van der Waals surface area contributed by atoms with Crippen molar-refractivity contribution < 1.29 is 0 Å². The minimum Gasteiger partial charge on any atom is -0.340 e. The van der Waals surface area contributed by atoms with Gasteiger partial charge in [-0.3, -0.25) is 5.10 Å². The van der Waals surface area contributed by atoms with Crippen molar-refractivity contribution in [3.05, 3.63) is 48.8 Å². The number of nitrogens with zero attached hydrogens (tertiary/aromatic N) is 5. The van der Waals surface area contributed by atoms with E-state index in [0.717, 1.165) is 34.5 Å². The first-order valence-electron chi connectivity index (χ1n) is 7.57. The molecule has 0 bridgehead atoms. The third-order valence-corrected chi connectivity index (χ3v) is 5.10. The van der Waals surface area contributed by atoms with E-state index in [1.807, 2.05) is 18.0 Å². The molecule has 0 saturated heterocycles. The zero-order valence-electron chi connectivity index (χ0n) is 12.6. The number of H-pyrrole nitrogens is 2. The summed E-state index contributed by atoms with van der Waals surface area (Å²) in [5.41, 5.74) is 3.77. The van der Waals surface area contributed by atoms with E-state index in [2.05, 4.69) is 59.4 Å². The van der Waals surface area contributed by atoms with Crippen LogP contribution in [0.25, 0.3) is 27.0 Å². The molecular weight excluding hydrogens is 322 g/mol. The number of benzene rings is 1. The van der Waals surface area contributed by atoms with Gasteiger partial charge in [-0.2, -0.15) is 5.10 Å². The molecule has 0 aliphatic carbocycles. The zero-order valence-corrected chi connectivity index (χ0v) is 13.4. The van der Waals surface area contributed by atoms with E-state index in [1.54, 1.807) is 12.7 Å². The minimum atomic E-state index is 0.687. The number of rotatable bonds is 2. The second-order valence-corrected chi connectivity index (χ2v) is 6.64. The highest BCUT2D eigenvalue weighted by Crippen LogP contribution is 2.34. The third kappa shape index (κ3) is 2.15. The first-order chi connectivity index (χ1) is 11.9. The number of aromatic amines is 2. The highest BCUT2D eigenvalue weighted by Gasteiger charge is 2.18. The Labute approximate surface area is 141 Å². The van der Waals surface area contributed by atoms with Gasteiger partial charge < -0.3 is 9.88 Å². The van der Waals surface area contributed by atoms with Gasteiger partial charge >= 0.3 is 0 Å². The number of hydrogen-bond donors (Lipinski definition) is 2. The Balaban J connectivity index is 1.58. The lowest BCUT2D eigenvalue weighted by molar-refractivity contribution is 0.985. The van der Waals surface area contributed by atoms with Gasteiger partial charge in [-0.15, -0.1) is 11.8 Å². The minimum absolute atomic E-state index is 0.687. The van der Waals surface area contributed by atoms with Gasteiger partial charge in [-0.1, -0.05) is 12.1 Å². The Hall–Kier alpha value is -2.87. The van der Waals surface area contributed by atoms with Gasteiger partial charge in [0, 0.05) is 28.8 Å². The number of imidazole rings is 1. The molecule has 1 aliphatic rings. The van der Waals surface area contributed by atoms with E-state index >= 15 is 0 Å². The van der Waals surface area contributed by atoms with E-state index in [0.29, 0.717) is 5.65 Å². The summed E-state index contributed by atoms with van der Waals surface area (Å²) >= 11 is 1.85. The lowest BCUT2D eigenvalue weighted by atomic mass is 10.1. The summed E-state index contributed by atoms with van der Waals surface area (Å²) in [5.74, 6) is 1.85. The Morgan fingerprint density at radius 1 is 1.17 bits per heavy atom. The number of aromatic nitrogens is 6. The van der Waals surface area contributed by atoms with Crippen molar-refractivity contribution in [2.24, 2.45) is 0 Å². The van der Waals surface area contributed by atoms with Gasteiger partial charge in [0.15, 0.2) is 11.5 Å². The molecule has 0 radical (unpaired) electrons. The average molecular weight is 335 g/mol. The Morgan fingerprint density at radius 2 is 2.17 bits per heavy atom. The van der Waals surface area contributed by atoms with Crippen LogP contribution in [-0.4, -0.2) is 42.4 Å². The van der Waals surface area contributed by atoms with Crippen molar-refractivity contribution in [1.82, 2.24) is 30.1 Å². The SMILES string of the molecule is C1=C(c2ccc3cn[nH]c3c2)SCCN1c1ncnc2nc[nH]c12. The standard InChI is InChI=1S/C16H13N7S/c1-2-11-6-21-22-12(11)5-10(1)13-7-23(3-4-24-13)16-14-15(18-8-17-14)19-9-20-16/h1-2,5-9H,3-4H2,(H,21,22)(H,17,18,19,20). The molecule has 0 fully saturated rings. The van der Waals surface area contributed by atoms with Crippen LogP contribution in [0.15, 0.2) is 43.3 Å². The largest absolute Gasteiger partial charge is 0.340 e. The molecular formula is C16H13N7S. The van der Waals surface area contributed by atoms with Gasteiger partial charge in [0.25, 0.3) is 0 Å². The third-order valence-electron chi connectivity index (χ3n) is 4.06. The van der Waals surface area contributed by atoms with E-state index in [-0.39, 0.29) is 0 Å². The second kappa shape index (κ2) is 5.34. The van der Waals surface area contributed by atoms with Crippen LogP contribution < -0.4 is 4.90 Å². The molecule has 1 aliphatic heterocycles. The fourth-order valence-corrected chi connectivity index (χ4v) is 3.89. The van der Waals surface area contributed by atoms with Gasteiger partial charge in [0.2, 0.25) is 0 Å². The topological polar surface area (TPSA) is 86.4 Å². The molecule has 2 N–H and O–H groups in total. The molecule has 4 heterocycles. The highest BCUT2D eigenvalue weighted by molar-refractivity contribution is 8.08. The molecule has 3 aromatic heterocycles. The maximum atomic E-state index is 4.45. The van der Waals surface area contributed by atoms with Crippen LogP contribution in [0.1, 0.15) is 5.56 Å². The van der Waals surface area contributed by atoms with Crippen molar-refractivity contribution in [3.8, 4) is 0 Å². The van der Waals surface area contributed by atoms with Gasteiger partial charge in [0.05, 0.1) is 18.0 Å². The van der Waals surface area contributed by atoms with Crippen LogP contribution in [-0.2, 0) is 0 Å². The predicted molar refractivity (Wildman–Crippen MR) is 95.6 cm³/mol. The van der Waals surface area contributed by atoms with Crippen LogP contribution in [0.3, 0.4) is 0 Å². The highest BCUT2D eigenvalue weighted by atomic mass is 32.2. The maximum absolute atomic E-state index is 4.45. The molecule has 8 heteroatoms. The monoisotopic (exact) mass is 335 g/mol. The molecule has 5 rings (SSSR count). The van der Waals surface area contributed by atoms with Gasteiger partial charge in [-0.25, -0.2) is 15.0 Å². The summed E-state index contributed by atoms with van der Waals surface area (Å²) in [5, 5.41) is 8.23. The van der Waals surface area contributed by atoms with E-state index in [1.165, 1.54) is 10.5 Å². The fraction of sp³-hybridized carbons (Fsp3) is 0.125. The predicted octanol–water partition coefficient (Wildman–Crippen LogP) is 2.78. The summed E-state index contributed by atoms with van der Waals surface area (Å²) in [6.07, 6.45) is 7.20. The summed E-state index contributed by atoms with van der Waals surface area (Å²) in [6, 6.07) is 6.36. The Kier molecular flexibility index (Phi) is 3.02. The van der Waals surface area contributed by atoms with Gasteiger partial charge in [0.1, 0.15) is 11.8 Å². The number of hydrogen-bond acceptors (Lipinski definition) is 6. The van der Waals surface area contributed by atoms with Gasteiger partial charge in [-0.05, 0) is 11.6 Å². The molecule has 0 saturated carbocycles. The first-order valence-corrected chi connectivity index (χ1v) is 8.56. The molecule has 118 valence electrons. The van der Waals surface area contributed by atoms with Crippen LogP contribution in [0.4, 0.5) is 5.82 Å². The lowest BCUT2D eigenvalue weighted by Gasteiger charge is -2.25. The molecule has 0 unspecified atom stereocenters. The van der Waals surface area contributed by atoms with Crippen LogP contribution in [0.5, 0.6) is 0 Å². The summed E-state index contributed by atoms with van der Waals surface area (Å²) < 4.78 is 0. The Bertz CT molecular complexity index is 1060. The van der Waals surface area contributed by atoms with E-state index in [9.17, 15) is 0 Å². The number of nitrogens with one attached hydrogen (secondary N) is 2. The van der Waals surface area contributed by atoms with Crippen LogP contribution >= 0.6 is 11.8 Å². The molecule has 4 aromatic rings. The van der Waals surface area contributed by atoms with E-state index in [4.69, 9.17) is 0 Å². The Morgan fingerprint density at radius 3 is 3.17 bits per heavy atom. The van der Waals surface area contributed by atoms with Crippen molar-refractivity contribution in [1.29, 1.82) is 0 Å². The molecule has 24 heavy (non-hydrogen) atoms. The molecule has 0 amide bonds. The van der Waals surface area contributed by atoms with Crippen LogP contribution in [0, 0.1) is 0 Å². The second-order valence-electron chi connectivity index (χ2n) is 5.51. The van der Waals surface area contributed by atoms with Crippen molar-refractivity contribution >= 4 is 44.6 Å². The maximum Gasteiger partial charge on any atom is 0.182 e. The zero-order chi connectivity index (χ0) is 15.9. The lowest BCUT2D eigenvalue weighted by Crippen LogP contribution is -2.24. The summed E-state index contributed by atoms with van der Waals surface area (Å²) in [6.45, 7) is 0.894. The molecule has 1 aromatic carbocycles. The number of fused-ring (bicyclic) bond motifs is 2. The smallest absolute Gasteiger partial charge is 0.182 e. The number of thioether (sulfide) groups is 1. The first kappa shape index (κ1) is 13.6. The molecule has 0 atom stereocenters. The van der Waals surface area contributed by atoms with E-state index < -0.39 is 0 Å². The number of anilines is 1. The van der Waals surface area contributed by atoms with Crippen molar-refractivity contribution in [3.63, 3.8) is 0 Å². The van der Waals surface area contributed by atoms with Crippen LogP contribution in [0.2, 0.25) is 0 Å². The van der Waals surface area contributed by atoms with Crippen molar-refractivity contribution in [2.75, 3.05) is 17.2 Å². The molecule has 0 spiro atoms. The quantitative estimate of drug-likeness (QED) is 0.586. The fourth-order valence-electron chi connectivity index (χ4n) is 2.88. The normalized spacial score (nSPS) is 15.2. The summed E-state index contributed by atoms with van der Waals surface area (Å²) in [7, 11) is 0. The van der Waals surface area contributed by atoms with Crippen molar-refractivity contribution in [2.45, 2.75) is 0 Å².